The van der Waals surface area contributed by atoms with E-state index in [0.717, 1.165) is 0 Å². The highest BCUT2D eigenvalue weighted by atomic mass is 19.4. The number of nitrogens with zero attached hydrogens (tertiary/aromatic N) is 2. The number of hydrogen-bond donors (Lipinski definition) is 1. The van der Waals surface area contributed by atoms with E-state index >= 15 is 0 Å². The molecule has 0 saturated heterocycles. The number of halogens is 5. The molecule has 4 nitrogen and oxygen atoms in total. The van der Waals surface area contributed by atoms with Gasteiger partial charge in [-0.2, -0.15) is 26.9 Å². The van der Waals surface area contributed by atoms with Crippen molar-refractivity contribution in [3.63, 3.8) is 0 Å². The molecule has 16 heavy (non-hydrogen) atoms. The molecule has 0 amide bonds. The molecule has 2 N–H and O–H groups in total. The van der Waals surface area contributed by atoms with E-state index in [-0.39, 0.29) is 12.4 Å². The summed E-state index contributed by atoms with van der Waals surface area (Å²) >= 11 is 0. The molecule has 0 aliphatic rings. The van der Waals surface area contributed by atoms with Crippen molar-refractivity contribution in [2.45, 2.75) is 24.9 Å². The molecule has 1 aromatic rings. The fraction of sp³-hybridized carbons (Fsp3) is 0.714. The van der Waals surface area contributed by atoms with Crippen LogP contribution in [-0.4, -0.2) is 22.9 Å². The van der Waals surface area contributed by atoms with Gasteiger partial charge in [-0.15, -0.1) is 0 Å². The van der Waals surface area contributed by atoms with Gasteiger partial charge >= 0.3 is 18.0 Å². The minimum absolute atomic E-state index is 0.0105. The van der Waals surface area contributed by atoms with Crippen molar-refractivity contribution in [3.8, 4) is 0 Å². The zero-order chi connectivity index (χ0) is 12.6. The maximum Gasteiger partial charge on any atom is 0.463 e. The van der Waals surface area contributed by atoms with E-state index in [1.165, 1.54) is 6.92 Å². The molecule has 1 unspecified atom stereocenters. The van der Waals surface area contributed by atoms with Crippen LogP contribution in [0.15, 0.2) is 4.52 Å². The second-order valence-electron chi connectivity index (χ2n) is 3.17. The third kappa shape index (κ3) is 2.13. The standard InChI is InChI=1S/C7H8F5N3O/c1-3(2-13)4-14-5(16-15-4)6(8,9)7(10,11)12/h3H,2,13H2,1H3. The van der Waals surface area contributed by atoms with Crippen molar-refractivity contribution in [3.05, 3.63) is 11.7 Å². The summed E-state index contributed by atoms with van der Waals surface area (Å²) in [4.78, 5) is 2.99. The summed E-state index contributed by atoms with van der Waals surface area (Å²) in [7, 11) is 0. The van der Waals surface area contributed by atoms with Crippen LogP contribution < -0.4 is 5.73 Å². The third-order valence-corrected chi connectivity index (χ3v) is 1.86. The molecule has 1 rings (SSSR count). The Morgan fingerprint density at radius 3 is 2.31 bits per heavy atom. The Balaban J connectivity index is 3.02. The molecule has 0 aliphatic heterocycles. The van der Waals surface area contributed by atoms with Crippen molar-refractivity contribution >= 4 is 0 Å². The Morgan fingerprint density at radius 2 is 1.88 bits per heavy atom. The third-order valence-electron chi connectivity index (χ3n) is 1.86. The highest BCUT2D eigenvalue weighted by Gasteiger charge is 2.63. The monoisotopic (exact) mass is 245 g/mol. The van der Waals surface area contributed by atoms with E-state index < -0.39 is 23.9 Å². The van der Waals surface area contributed by atoms with Crippen molar-refractivity contribution in [2.24, 2.45) is 5.73 Å². The molecule has 0 fully saturated rings. The highest BCUT2D eigenvalue weighted by Crippen LogP contribution is 2.43. The summed E-state index contributed by atoms with van der Waals surface area (Å²) in [6.45, 7) is 1.48. The lowest BCUT2D eigenvalue weighted by Crippen LogP contribution is -2.34. The van der Waals surface area contributed by atoms with Crippen LogP contribution in [0.2, 0.25) is 0 Å². The average Bonchev–Trinajstić information content (AvgIpc) is 2.64. The van der Waals surface area contributed by atoms with Gasteiger partial charge in [0.15, 0.2) is 5.82 Å². The van der Waals surface area contributed by atoms with Gasteiger partial charge in [-0.25, -0.2) is 0 Å². The summed E-state index contributed by atoms with van der Waals surface area (Å²) in [6.07, 6.45) is -5.76. The van der Waals surface area contributed by atoms with Crippen molar-refractivity contribution in [2.75, 3.05) is 6.54 Å². The van der Waals surface area contributed by atoms with Crippen LogP contribution in [0.25, 0.3) is 0 Å². The van der Waals surface area contributed by atoms with Crippen LogP contribution in [0.3, 0.4) is 0 Å². The van der Waals surface area contributed by atoms with Gasteiger partial charge < -0.3 is 10.3 Å². The summed E-state index contributed by atoms with van der Waals surface area (Å²) in [5.74, 6) is -7.75. The SMILES string of the molecule is CC(CN)c1noc(C(F)(F)C(F)(F)F)n1. The summed E-state index contributed by atoms with van der Waals surface area (Å²) in [5, 5.41) is 3.02. The Hall–Kier alpha value is -1.25. The summed E-state index contributed by atoms with van der Waals surface area (Å²) in [6, 6.07) is 0. The van der Waals surface area contributed by atoms with Gasteiger partial charge in [0, 0.05) is 12.5 Å². The topological polar surface area (TPSA) is 64.9 Å². The smallest absolute Gasteiger partial charge is 0.332 e. The lowest BCUT2D eigenvalue weighted by atomic mass is 10.2. The summed E-state index contributed by atoms with van der Waals surface area (Å²) < 4.78 is 65.0. The van der Waals surface area contributed by atoms with E-state index in [2.05, 4.69) is 14.7 Å². The van der Waals surface area contributed by atoms with Crippen LogP contribution in [0, 0.1) is 0 Å². The van der Waals surface area contributed by atoms with Gasteiger partial charge in [0.1, 0.15) is 0 Å². The van der Waals surface area contributed by atoms with Crippen LogP contribution >= 0.6 is 0 Å². The highest BCUT2D eigenvalue weighted by molar-refractivity contribution is 5.01. The second kappa shape index (κ2) is 3.96. The molecule has 0 spiro atoms. The first-order chi connectivity index (χ1) is 7.20. The molecule has 0 aliphatic carbocycles. The quantitative estimate of drug-likeness (QED) is 0.824. The number of alkyl halides is 5. The van der Waals surface area contributed by atoms with Gasteiger partial charge in [0.2, 0.25) is 0 Å². The first-order valence-electron chi connectivity index (χ1n) is 4.18. The normalized spacial score (nSPS) is 15.2. The van der Waals surface area contributed by atoms with Crippen molar-refractivity contribution in [1.82, 2.24) is 10.1 Å². The van der Waals surface area contributed by atoms with Gasteiger partial charge in [0.05, 0.1) is 0 Å². The second-order valence-corrected chi connectivity index (χ2v) is 3.17. The minimum atomic E-state index is -5.76. The Bertz CT molecular complexity index is 361. The number of aromatic nitrogens is 2. The zero-order valence-corrected chi connectivity index (χ0v) is 8.05. The number of nitrogens with two attached hydrogens (primary N) is 1. The summed E-state index contributed by atoms with van der Waals surface area (Å²) in [5.41, 5.74) is 5.18. The molecule has 0 radical (unpaired) electrons. The fourth-order valence-electron chi connectivity index (χ4n) is 0.789. The van der Waals surface area contributed by atoms with E-state index in [1.807, 2.05) is 0 Å². The van der Waals surface area contributed by atoms with E-state index in [4.69, 9.17) is 5.73 Å². The average molecular weight is 245 g/mol. The predicted molar refractivity (Wildman–Crippen MR) is 41.7 cm³/mol. The number of rotatable bonds is 3. The zero-order valence-electron chi connectivity index (χ0n) is 8.05. The van der Waals surface area contributed by atoms with E-state index in [1.54, 1.807) is 0 Å². The van der Waals surface area contributed by atoms with E-state index in [0.29, 0.717) is 0 Å². The molecular weight excluding hydrogens is 237 g/mol. The largest absolute Gasteiger partial charge is 0.463 e. The van der Waals surface area contributed by atoms with Crippen LogP contribution in [0.5, 0.6) is 0 Å². The van der Waals surface area contributed by atoms with Crippen LogP contribution in [0.4, 0.5) is 22.0 Å². The Morgan fingerprint density at radius 1 is 1.31 bits per heavy atom. The van der Waals surface area contributed by atoms with Gasteiger partial charge in [-0.1, -0.05) is 12.1 Å². The minimum Gasteiger partial charge on any atom is -0.332 e. The van der Waals surface area contributed by atoms with Crippen LogP contribution in [-0.2, 0) is 5.92 Å². The number of hydrogen-bond acceptors (Lipinski definition) is 4. The maximum atomic E-state index is 12.7. The molecule has 1 heterocycles. The van der Waals surface area contributed by atoms with Crippen LogP contribution in [0.1, 0.15) is 24.6 Å². The Kier molecular flexibility index (Phi) is 3.17. The Labute approximate surface area is 86.6 Å². The first kappa shape index (κ1) is 12.8. The predicted octanol–water partition coefficient (Wildman–Crippen LogP) is 1.79. The van der Waals surface area contributed by atoms with Gasteiger partial charge in [-0.3, -0.25) is 0 Å². The van der Waals surface area contributed by atoms with Gasteiger partial charge in [-0.05, 0) is 0 Å². The van der Waals surface area contributed by atoms with Crippen molar-refractivity contribution < 1.29 is 26.5 Å². The van der Waals surface area contributed by atoms with Gasteiger partial charge in [0.25, 0.3) is 0 Å². The molecule has 0 aromatic carbocycles. The van der Waals surface area contributed by atoms with E-state index in [9.17, 15) is 22.0 Å². The molecule has 9 heteroatoms. The lowest BCUT2D eigenvalue weighted by molar-refractivity contribution is -0.298. The molecule has 1 aromatic heterocycles. The fourth-order valence-corrected chi connectivity index (χ4v) is 0.789. The molecule has 1 atom stereocenters. The maximum absolute atomic E-state index is 12.7. The molecule has 0 bridgehead atoms. The molecule has 92 valence electrons. The van der Waals surface area contributed by atoms with Crippen molar-refractivity contribution in [1.29, 1.82) is 0 Å². The molecular formula is C7H8F5N3O. The lowest BCUT2D eigenvalue weighted by Gasteiger charge is -2.14. The molecule has 0 saturated carbocycles. The first-order valence-corrected chi connectivity index (χ1v) is 4.18.